The number of ether oxygens (including phenoxy) is 1. The summed E-state index contributed by atoms with van der Waals surface area (Å²) < 4.78 is 5.84. The fourth-order valence-corrected chi connectivity index (χ4v) is 2.39. The van der Waals surface area contributed by atoms with Crippen LogP contribution in [0, 0.1) is 6.92 Å². The third-order valence-electron chi connectivity index (χ3n) is 3.70. The molecule has 6 heteroatoms. The number of rotatable bonds is 6. The highest BCUT2D eigenvalue weighted by molar-refractivity contribution is 5.99. The number of aromatic amines is 1. The molecule has 0 atom stereocenters. The molecule has 0 aliphatic heterocycles. The van der Waals surface area contributed by atoms with Crippen molar-refractivity contribution >= 4 is 11.7 Å². The van der Waals surface area contributed by atoms with E-state index in [4.69, 9.17) is 4.74 Å². The molecular weight excluding hydrogens is 328 g/mol. The minimum atomic E-state index is -0.218. The average Bonchev–Trinajstić information content (AvgIpc) is 2.65. The molecule has 132 valence electrons. The third kappa shape index (κ3) is 4.80. The molecule has 6 nitrogen and oxygen atoms in total. The number of nitrogens with zero attached hydrogens (tertiary/aromatic N) is 2. The highest BCUT2D eigenvalue weighted by Gasteiger charge is 2.02. The highest BCUT2D eigenvalue weighted by atomic mass is 16.5. The molecule has 0 spiro atoms. The largest absolute Gasteiger partial charge is 0.489 e. The Kier molecular flexibility index (Phi) is 5.43. The SMILES string of the molecule is CC(=NNc1nc(C)cc(=O)[nH]1)c1cccc(OCc2ccccc2)c1. The average molecular weight is 348 g/mol. The van der Waals surface area contributed by atoms with Gasteiger partial charge in [-0.2, -0.15) is 5.10 Å². The molecule has 2 N–H and O–H groups in total. The Morgan fingerprint density at radius 1 is 1.15 bits per heavy atom. The molecule has 0 unspecified atom stereocenters. The van der Waals surface area contributed by atoms with Gasteiger partial charge in [0.15, 0.2) is 0 Å². The molecule has 0 fully saturated rings. The van der Waals surface area contributed by atoms with Crippen LogP contribution in [0.5, 0.6) is 5.75 Å². The van der Waals surface area contributed by atoms with Crippen molar-refractivity contribution in [3.63, 3.8) is 0 Å². The Balaban J connectivity index is 1.69. The van der Waals surface area contributed by atoms with E-state index in [2.05, 4.69) is 20.5 Å². The summed E-state index contributed by atoms with van der Waals surface area (Å²) in [6, 6.07) is 19.1. The van der Waals surface area contributed by atoms with Crippen LogP contribution >= 0.6 is 0 Å². The molecule has 1 aromatic heterocycles. The van der Waals surface area contributed by atoms with Gasteiger partial charge in [-0.1, -0.05) is 42.5 Å². The second-order valence-corrected chi connectivity index (χ2v) is 5.85. The van der Waals surface area contributed by atoms with Crippen LogP contribution in [0.15, 0.2) is 70.6 Å². The number of aromatic nitrogens is 2. The van der Waals surface area contributed by atoms with Crippen LogP contribution in [0.3, 0.4) is 0 Å². The van der Waals surface area contributed by atoms with E-state index in [1.165, 1.54) is 6.07 Å². The lowest BCUT2D eigenvalue weighted by Crippen LogP contribution is -2.11. The fourth-order valence-electron chi connectivity index (χ4n) is 2.39. The van der Waals surface area contributed by atoms with Crippen LogP contribution in [0.25, 0.3) is 0 Å². The molecule has 0 radical (unpaired) electrons. The summed E-state index contributed by atoms with van der Waals surface area (Å²) in [4.78, 5) is 18.2. The van der Waals surface area contributed by atoms with Crippen molar-refractivity contribution in [1.29, 1.82) is 0 Å². The topological polar surface area (TPSA) is 79.4 Å². The third-order valence-corrected chi connectivity index (χ3v) is 3.70. The predicted octanol–water partition coefficient (Wildman–Crippen LogP) is 3.49. The van der Waals surface area contributed by atoms with Gasteiger partial charge in [-0.3, -0.25) is 9.78 Å². The van der Waals surface area contributed by atoms with Gasteiger partial charge in [-0.15, -0.1) is 0 Å². The summed E-state index contributed by atoms with van der Waals surface area (Å²) in [5, 5.41) is 4.28. The summed E-state index contributed by atoms with van der Waals surface area (Å²) in [7, 11) is 0. The zero-order valence-corrected chi connectivity index (χ0v) is 14.7. The van der Waals surface area contributed by atoms with E-state index in [1.807, 2.05) is 61.5 Å². The van der Waals surface area contributed by atoms with Crippen LogP contribution in [0.2, 0.25) is 0 Å². The molecule has 2 aromatic carbocycles. The van der Waals surface area contributed by atoms with Crippen molar-refractivity contribution in [2.75, 3.05) is 5.43 Å². The van der Waals surface area contributed by atoms with Crippen molar-refractivity contribution < 1.29 is 4.74 Å². The molecule has 0 saturated heterocycles. The first kappa shape index (κ1) is 17.4. The minimum absolute atomic E-state index is 0.218. The van der Waals surface area contributed by atoms with E-state index in [-0.39, 0.29) is 5.56 Å². The zero-order chi connectivity index (χ0) is 18.4. The van der Waals surface area contributed by atoms with E-state index in [0.717, 1.165) is 22.6 Å². The normalized spacial score (nSPS) is 11.2. The summed E-state index contributed by atoms with van der Waals surface area (Å²) in [6.07, 6.45) is 0. The first-order chi connectivity index (χ1) is 12.6. The minimum Gasteiger partial charge on any atom is -0.489 e. The van der Waals surface area contributed by atoms with Gasteiger partial charge in [0.2, 0.25) is 5.95 Å². The zero-order valence-electron chi connectivity index (χ0n) is 14.7. The number of hydrogen-bond acceptors (Lipinski definition) is 5. The van der Waals surface area contributed by atoms with Crippen molar-refractivity contribution in [2.45, 2.75) is 20.5 Å². The quantitative estimate of drug-likeness (QED) is 0.528. The standard InChI is InChI=1S/C20H20N4O2/c1-14-11-19(25)22-20(21-14)24-23-15(2)17-9-6-10-18(12-17)26-13-16-7-4-3-5-8-16/h3-12H,13H2,1-2H3,(H2,21,22,24,25). The summed E-state index contributed by atoms with van der Waals surface area (Å²) in [6.45, 7) is 4.13. The maximum Gasteiger partial charge on any atom is 0.252 e. The van der Waals surface area contributed by atoms with Gasteiger partial charge in [0.25, 0.3) is 5.56 Å². The molecule has 0 saturated carbocycles. The summed E-state index contributed by atoms with van der Waals surface area (Å²) >= 11 is 0. The van der Waals surface area contributed by atoms with Gasteiger partial charge in [0.05, 0.1) is 5.71 Å². The molecule has 0 amide bonds. The monoisotopic (exact) mass is 348 g/mol. The maximum absolute atomic E-state index is 11.5. The number of benzene rings is 2. The molecule has 0 aliphatic carbocycles. The second kappa shape index (κ2) is 8.11. The number of hydrazone groups is 1. The maximum atomic E-state index is 11.5. The Morgan fingerprint density at radius 3 is 2.73 bits per heavy atom. The molecule has 1 heterocycles. The lowest BCUT2D eigenvalue weighted by Gasteiger charge is -2.08. The van der Waals surface area contributed by atoms with Crippen molar-refractivity contribution in [3.05, 3.63) is 87.8 Å². The smallest absolute Gasteiger partial charge is 0.252 e. The number of nitrogens with one attached hydrogen (secondary N) is 2. The fraction of sp³-hybridized carbons (Fsp3) is 0.150. The number of H-pyrrole nitrogens is 1. The molecule has 3 aromatic rings. The van der Waals surface area contributed by atoms with Gasteiger partial charge in [0.1, 0.15) is 12.4 Å². The van der Waals surface area contributed by atoms with Crippen molar-refractivity contribution in [1.82, 2.24) is 9.97 Å². The molecular formula is C20H20N4O2. The Hall–Kier alpha value is -3.41. The van der Waals surface area contributed by atoms with E-state index in [0.29, 0.717) is 18.2 Å². The number of aryl methyl sites for hydroxylation is 1. The van der Waals surface area contributed by atoms with E-state index in [1.54, 1.807) is 6.92 Å². The molecule has 0 aliphatic rings. The Labute approximate surface area is 151 Å². The van der Waals surface area contributed by atoms with Crippen LogP contribution < -0.4 is 15.7 Å². The first-order valence-corrected chi connectivity index (χ1v) is 8.25. The van der Waals surface area contributed by atoms with Gasteiger partial charge >= 0.3 is 0 Å². The number of anilines is 1. The second-order valence-electron chi connectivity index (χ2n) is 5.85. The summed E-state index contributed by atoms with van der Waals surface area (Å²) in [5.41, 5.74) is 5.96. The van der Waals surface area contributed by atoms with Crippen LogP contribution in [0.4, 0.5) is 5.95 Å². The molecule has 0 bridgehead atoms. The lowest BCUT2D eigenvalue weighted by atomic mass is 10.1. The van der Waals surface area contributed by atoms with Crippen LogP contribution in [0.1, 0.15) is 23.7 Å². The van der Waals surface area contributed by atoms with E-state index in [9.17, 15) is 4.79 Å². The van der Waals surface area contributed by atoms with Crippen molar-refractivity contribution in [3.8, 4) is 5.75 Å². The first-order valence-electron chi connectivity index (χ1n) is 8.25. The predicted molar refractivity (Wildman–Crippen MR) is 103 cm³/mol. The Bertz CT molecular complexity index is 965. The van der Waals surface area contributed by atoms with Gasteiger partial charge < -0.3 is 4.74 Å². The van der Waals surface area contributed by atoms with Gasteiger partial charge in [-0.05, 0) is 31.5 Å². The van der Waals surface area contributed by atoms with E-state index >= 15 is 0 Å². The van der Waals surface area contributed by atoms with Crippen LogP contribution in [-0.2, 0) is 6.61 Å². The van der Waals surface area contributed by atoms with E-state index < -0.39 is 0 Å². The van der Waals surface area contributed by atoms with Crippen LogP contribution in [-0.4, -0.2) is 15.7 Å². The lowest BCUT2D eigenvalue weighted by molar-refractivity contribution is 0.306. The molecule has 3 rings (SSSR count). The Morgan fingerprint density at radius 2 is 1.96 bits per heavy atom. The number of hydrogen-bond donors (Lipinski definition) is 2. The van der Waals surface area contributed by atoms with Gasteiger partial charge in [0, 0.05) is 17.3 Å². The summed E-state index contributed by atoms with van der Waals surface area (Å²) in [5.74, 6) is 1.08. The highest BCUT2D eigenvalue weighted by Crippen LogP contribution is 2.16. The van der Waals surface area contributed by atoms with Crippen molar-refractivity contribution in [2.24, 2.45) is 5.10 Å². The molecule has 26 heavy (non-hydrogen) atoms. The van der Waals surface area contributed by atoms with Gasteiger partial charge in [-0.25, -0.2) is 10.4 Å².